The average Bonchev–Trinajstić information content (AvgIpc) is 3.58. The number of hydrogen-bond acceptors (Lipinski definition) is 5. The number of fused-ring (bicyclic) bond motifs is 2. The number of carbonyl (C=O) groups is 1. The third kappa shape index (κ3) is 4.04. The number of amides is 1. The fourth-order valence-corrected chi connectivity index (χ4v) is 4.56. The van der Waals surface area contributed by atoms with E-state index in [-0.39, 0.29) is 17.5 Å². The van der Waals surface area contributed by atoms with Crippen molar-refractivity contribution >= 4 is 22.5 Å². The van der Waals surface area contributed by atoms with Crippen LogP contribution in [0.3, 0.4) is 0 Å². The summed E-state index contributed by atoms with van der Waals surface area (Å²) in [5.74, 6) is 0.793. The lowest BCUT2D eigenvalue weighted by atomic mass is 10.1. The van der Waals surface area contributed by atoms with Gasteiger partial charge in [-0.2, -0.15) is 18.3 Å². The summed E-state index contributed by atoms with van der Waals surface area (Å²) in [7, 11) is 3.10. The third-order valence-corrected chi connectivity index (χ3v) is 6.41. The van der Waals surface area contributed by atoms with Crippen LogP contribution >= 0.6 is 0 Å². The van der Waals surface area contributed by atoms with Gasteiger partial charge in [0.15, 0.2) is 5.65 Å². The van der Waals surface area contributed by atoms with Gasteiger partial charge in [-0.3, -0.25) is 4.79 Å². The molecule has 1 aliphatic heterocycles. The van der Waals surface area contributed by atoms with Gasteiger partial charge in [-0.1, -0.05) is 6.92 Å². The topological polar surface area (TPSA) is 84.8 Å². The summed E-state index contributed by atoms with van der Waals surface area (Å²) in [6, 6.07) is 7.89. The molecule has 0 saturated carbocycles. The first kappa shape index (κ1) is 23.0. The van der Waals surface area contributed by atoms with Crippen LogP contribution in [0.2, 0.25) is 0 Å². The molecule has 3 aromatic heterocycles. The highest BCUT2D eigenvalue weighted by atomic mass is 19.4. The summed E-state index contributed by atoms with van der Waals surface area (Å²) in [5, 5.41) is 4.99. The van der Waals surface area contributed by atoms with E-state index in [4.69, 9.17) is 9.47 Å². The molecule has 4 heterocycles. The van der Waals surface area contributed by atoms with Crippen LogP contribution in [-0.2, 0) is 12.6 Å². The van der Waals surface area contributed by atoms with E-state index in [1.54, 1.807) is 50.3 Å². The number of methoxy groups -OCH3 is 2. The molecule has 1 saturated heterocycles. The Labute approximate surface area is 198 Å². The van der Waals surface area contributed by atoms with Gasteiger partial charge in [-0.15, -0.1) is 0 Å². The van der Waals surface area contributed by atoms with Crippen molar-refractivity contribution in [3.63, 3.8) is 0 Å². The molecule has 1 atom stereocenters. The first-order valence-corrected chi connectivity index (χ1v) is 11.2. The van der Waals surface area contributed by atoms with Gasteiger partial charge in [0.2, 0.25) is 0 Å². The first-order chi connectivity index (χ1) is 16.7. The largest absolute Gasteiger partial charge is 0.497 e. The molecule has 0 spiro atoms. The molecule has 1 N–H and O–H groups in total. The SMILES string of the molecule is CCc1cc(C(F)(F)F)n2nc([C@@H]3CCN(C(=O)c4cc5c(OC)cc(OC)cc5[nH]4)C3)cc2n1. The van der Waals surface area contributed by atoms with Crippen molar-refractivity contribution in [2.24, 2.45) is 0 Å². The zero-order valence-electron chi connectivity index (χ0n) is 19.4. The van der Waals surface area contributed by atoms with Crippen LogP contribution in [0, 0.1) is 0 Å². The number of rotatable bonds is 5. The van der Waals surface area contributed by atoms with Crippen LogP contribution in [0.4, 0.5) is 13.2 Å². The van der Waals surface area contributed by atoms with Gasteiger partial charge in [-0.25, -0.2) is 9.50 Å². The van der Waals surface area contributed by atoms with E-state index in [9.17, 15) is 18.0 Å². The zero-order chi connectivity index (χ0) is 24.9. The van der Waals surface area contributed by atoms with Crippen molar-refractivity contribution in [2.45, 2.75) is 31.9 Å². The molecule has 0 unspecified atom stereocenters. The molecule has 0 bridgehead atoms. The molecule has 1 fully saturated rings. The Hall–Kier alpha value is -3.76. The van der Waals surface area contributed by atoms with Gasteiger partial charge in [-0.05, 0) is 25.0 Å². The number of benzene rings is 1. The summed E-state index contributed by atoms with van der Waals surface area (Å²) in [4.78, 5) is 22.3. The molecule has 0 aliphatic carbocycles. The average molecular weight is 487 g/mol. The van der Waals surface area contributed by atoms with Crippen molar-refractivity contribution in [1.82, 2.24) is 24.5 Å². The van der Waals surface area contributed by atoms with Crippen LogP contribution in [0.5, 0.6) is 11.5 Å². The fraction of sp³-hybridized carbons (Fsp3) is 0.375. The molecule has 11 heteroatoms. The molecule has 5 rings (SSSR count). The Morgan fingerprint density at radius 2 is 1.97 bits per heavy atom. The van der Waals surface area contributed by atoms with Crippen molar-refractivity contribution in [2.75, 3.05) is 27.3 Å². The van der Waals surface area contributed by atoms with E-state index in [2.05, 4.69) is 15.1 Å². The number of nitrogens with zero attached hydrogens (tertiary/aromatic N) is 4. The summed E-state index contributed by atoms with van der Waals surface area (Å²) < 4.78 is 52.4. The lowest BCUT2D eigenvalue weighted by Gasteiger charge is -2.15. The second kappa shape index (κ2) is 8.47. The molecule has 35 heavy (non-hydrogen) atoms. The Bertz CT molecular complexity index is 1430. The lowest BCUT2D eigenvalue weighted by molar-refractivity contribution is -0.142. The van der Waals surface area contributed by atoms with E-state index in [0.29, 0.717) is 60.0 Å². The summed E-state index contributed by atoms with van der Waals surface area (Å²) >= 11 is 0. The Balaban J connectivity index is 1.41. The maximum absolute atomic E-state index is 13.6. The quantitative estimate of drug-likeness (QED) is 0.450. The molecule has 1 amide bonds. The van der Waals surface area contributed by atoms with E-state index >= 15 is 0 Å². The molecule has 8 nitrogen and oxygen atoms in total. The van der Waals surface area contributed by atoms with Crippen LogP contribution in [0.15, 0.2) is 30.3 Å². The predicted octanol–water partition coefficient (Wildman–Crippen LogP) is 4.44. The van der Waals surface area contributed by atoms with Crippen LogP contribution in [0.1, 0.15) is 46.8 Å². The van der Waals surface area contributed by atoms with E-state index in [0.717, 1.165) is 16.0 Å². The maximum atomic E-state index is 13.6. The summed E-state index contributed by atoms with van der Waals surface area (Å²) in [6.07, 6.45) is -3.58. The normalized spacial score (nSPS) is 16.4. The summed E-state index contributed by atoms with van der Waals surface area (Å²) in [6.45, 7) is 2.57. The highest BCUT2D eigenvalue weighted by Gasteiger charge is 2.36. The van der Waals surface area contributed by atoms with Crippen LogP contribution in [-0.4, -0.2) is 57.7 Å². The molecule has 0 radical (unpaired) electrons. The molecule has 4 aromatic rings. The number of aromatic nitrogens is 4. The summed E-state index contributed by atoms with van der Waals surface area (Å²) in [5.41, 5.74) is 1.26. The van der Waals surface area contributed by atoms with Crippen molar-refractivity contribution in [1.29, 1.82) is 0 Å². The second-order valence-corrected chi connectivity index (χ2v) is 8.53. The van der Waals surface area contributed by atoms with Gasteiger partial charge in [0.25, 0.3) is 5.91 Å². The smallest absolute Gasteiger partial charge is 0.433 e. The Morgan fingerprint density at radius 1 is 1.17 bits per heavy atom. The molecule has 184 valence electrons. The number of hydrogen-bond donors (Lipinski definition) is 1. The molecular formula is C24H24F3N5O3. The minimum Gasteiger partial charge on any atom is -0.497 e. The number of aryl methyl sites for hydroxylation is 1. The number of nitrogens with one attached hydrogen (secondary N) is 1. The van der Waals surface area contributed by atoms with Crippen LogP contribution in [0.25, 0.3) is 16.6 Å². The monoisotopic (exact) mass is 487 g/mol. The first-order valence-electron chi connectivity index (χ1n) is 11.2. The molecular weight excluding hydrogens is 463 g/mol. The number of aromatic amines is 1. The van der Waals surface area contributed by atoms with Gasteiger partial charge in [0.1, 0.15) is 22.9 Å². The van der Waals surface area contributed by atoms with Gasteiger partial charge in [0, 0.05) is 48.3 Å². The van der Waals surface area contributed by atoms with Crippen molar-refractivity contribution < 1.29 is 27.4 Å². The van der Waals surface area contributed by atoms with Crippen molar-refractivity contribution in [3.8, 4) is 11.5 Å². The zero-order valence-corrected chi connectivity index (χ0v) is 19.4. The Kier molecular flexibility index (Phi) is 5.57. The number of carbonyl (C=O) groups excluding carboxylic acids is 1. The number of likely N-dealkylation sites (tertiary alicyclic amines) is 1. The number of alkyl halides is 3. The van der Waals surface area contributed by atoms with E-state index < -0.39 is 11.9 Å². The molecule has 1 aliphatic rings. The van der Waals surface area contributed by atoms with Gasteiger partial charge in [0.05, 0.1) is 25.4 Å². The second-order valence-electron chi connectivity index (χ2n) is 8.53. The maximum Gasteiger partial charge on any atom is 0.433 e. The van der Waals surface area contributed by atoms with E-state index in [1.165, 1.54) is 0 Å². The van der Waals surface area contributed by atoms with Gasteiger partial charge >= 0.3 is 6.18 Å². The van der Waals surface area contributed by atoms with E-state index in [1.807, 2.05) is 0 Å². The van der Waals surface area contributed by atoms with Gasteiger partial charge < -0.3 is 19.4 Å². The predicted molar refractivity (Wildman–Crippen MR) is 122 cm³/mol. The number of H-pyrrole nitrogens is 1. The standard InChI is InChI=1S/C24H24F3N5O3/c1-4-14-7-21(24(25,26)27)32-22(28-14)11-17(30-32)13-5-6-31(12-13)23(33)19-10-16-18(29-19)8-15(34-2)9-20(16)35-3/h7-11,13,29H,4-6,12H2,1-3H3/t13-/m1/s1. The minimum atomic E-state index is -4.55. The molecule has 1 aromatic carbocycles. The Morgan fingerprint density at radius 3 is 2.66 bits per heavy atom. The minimum absolute atomic E-state index is 0.160. The van der Waals surface area contributed by atoms with Crippen molar-refractivity contribution in [3.05, 3.63) is 53.1 Å². The highest BCUT2D eigenvalue weighted by molar-refractivity contribution is 6.00. The lowest BCUT2D eigenvalue weighted by Crippen LogP contribution is -2.28. The number of ether oxygens (including phenoxy) is 2. The fourth-order valence-electron chi connectivity index (χ4n) is 4.56. The third-order valence-electron chi connectivity index (χ3n) is 6.41. The highest BCUT2D eigenvalue weighted by Crippen LogP contribution is 2.34. The van der Waals surface area contributed by atoms with Crippen LogP contribution < -0.4 is 9.47 Å². The number of halogens is 3.